The molecule has 0 radical (unpaired) electrons. The van der Waals surface area contributed by atoms with E-state index < -0.39 is 11.4 Å². The van der Waals surface area contributed by atoms with E-state index in [4.69, 9.17) is 27.9 Å². The van der Waals surface area contributed by atoms with Crippen LogP contribution in [-0.2, 0) is 13.0 Å². The Hall–Kier alpha value is -2.54. The largest absolute Gasteiger partial charge is 0.496 e. The first-order valence-corrected chi connectivity index (χ1v) is 9.14. The number of aromatic nitrogens is 1. The fraction of sp³-hybridized carbons (Fsp3) is 0.200. The molecular formula is C20H17Cl2NO5. The molecular weight excluding hydrogens is 405 g/mol. The molecule has 28 heavy (non-hydrogen) atoms. The van der Waals surface area contributed by atoms with E-state index in [0.717, 1.165) is 5.56 Å². The van der Waals surface area contributed by atoms with Crippen LogP contribution in [0.25, 0.3) is 10.9 Å². The number of pyridine rings is 1. The highest BCUT2D eigenvalue weighted by Crippen LogP contribution is 2.32. The Morgan fingerprint density at radius 3 is 2.61 bits per heavy atom. The van der Waals surface area contributed by atoms with Crippen LogP contribution in [0, 0.1) is 0 Å². The molecule has 2 N–H and O–H groups in total. The molecule has 3 rings (SSSR count). The average molecular weight is 422 g/mol. The van der Waals surface area contributed by atoms with E-state index in [1.54, 1.807) is 24.3 Å². The zero-order chi connectivity index (χ0) is 20.4. The highest BCUT2D eigenvalue weighted by atomic mass is 35.5. The van der Waals surface area contributed by atoms with Gasteiger partial charge in [-0.1, -0.05) is 35.3 Å². The number of hydrogen-bond donors (Lipinski definition) is 2. The van der Waals surface area contributed by atoms with Gasteiger partial charge >= 0.3 is 5.97 Å². The normalized spacial score (nSPS) is 11.0. The molecule has 0 atom stereocenters. The van der Waals surface area contributed by atoms with Gasteiger partial charge in [0.1, 0.15) is 11.3 Å². The van der Waals surface area contributed by atoms with Crippen molar-refractivity contribution in [3.8, 4) is 5.75 Å². The van der Waals surface area contributed by atoms with E-state index in [-0.39, 0.29) is 24.1 Å². The van der Waals surface area contributed by atoms with Gasteiger partial charge in [-0.05, 0) is 23.3 Å². The van der Waals surface area contributed by atoms with Crippen molar-refractivity contribution in [3.63, 3.8) is 0 Å². The quantitative estimate of drug-likeness (QED) is 0.634. The maximum Gasteiger partial charge on any atom is 0.341 e. The Balaban J connectivity index is 2.26. The molecule has 0 spiro atoms. The number of halogens is 2. The van der Waals surface area contributed by atoms with Gasteiger partial charge in [-0.25, -0.2) is 4.79 Å². The molecule has 0 amide bonds. The van der Waals surface area contributed by atoms with Crippen molar-refractivity contribution in [1.82, 2.24) is 4.57 Å². The molecule has 0 saturated heterocycles. The summed E-state index contributed by atoms with van der Waals surface area (Å²) in [5, 5.41) is 19.7. The van der Waals surface area contributed by atoms with Crippen molar-refractivity contribution >= 4 is 40.1 Å². The second-order valence-corrected chi connectivity index (χ2v) is 6.95. The number of benzene rings is 2. The minimum atomic E-state index is -1.33. The number of aliphatic hydroxyl groups is 1. The summed E-state index contributed by atoms with van der Waals surface area (Å²) in [5.41, 5.74) is 0.920. The van der Waals surface area contributed by atoms with Crippen LogP contribution >= 0.6 is 23.2 Å². The van der Waals surface area contributed by atoms with Gasteiger partial charge in [0.2, 0.25) is 5.43 Å². The number of nitrogens with zero attached hydrogens (tertiary/aromatic N) is 1. The van der Waals surface area contributed by atoms with Crippen LogP contribution in [0.1, 0.15) is 21.5 Å². The number of methoxy groups -OCH3 is 1. The minimum Gasteiger partial charge on any atom is -0.496 e. The molecule has 8 heteroatoms. The Bertz CT molecular complexity index is 1120. The number of aromatic carboxylic acids is 1. The lowest BCUT2D eigenvalue weighted by atomic mass is 10.0. The molecule has 0 saturated carbocycles. The summed E-state index contributed by atoms with van der Waals surface area (Å²) in [7, 11) is 1.50. The molecule has 2 aromatic carbocycles. The van der Waals surface area contributed by atoms with Gasteiger partial charge < -0.3 is 19.5 Å². The summed E-state index contributed by atoms with van der Waals surface area (Å²) >= 11 is 12.4. The lowest BCUT2D eigenvalue weighted by molar-refractivity contribution is 0.0694. The average Bonchev–Trinajstić information content (AvgIpc) is 2.67. The zero-order valence-electron chi connectivity index (χ0n) is 14.9. The number of rotatable bonds is 6. The summed E-state index contributed by atoms with van der Waals surface area (Å²) < 4.78 is 7.00. The van der Waals surface area contributed by atoms with Gasteiger partial charge in [0.05, 0.1) is 29.3 Å². The number of ether oxygens (including phenoxy) is 1. The van der Waals surface area contributed by atoms with Crippen molar-refractivity contribution in [1.29, 1.82) is 0 Å². The summed E-state index contributed by atoms with van der Waals surface area (Å²) in [4.78, 5) is 24.2. The Morgan fingerprint density at radius 1 is 1.21 bits per heavy atom. The van der Waals surface area contributed by atoms with Crippen molar-refractivity contribution in [2.75, 3.05) is 13.7 Å². The van der Waals surface area contributed by atoms with Gasteiger partial charge in [-0.3, -0.25) is 4.79 Å². The van der Waals surface area contributed by atoms with Gasteiger partial charge in [-0.2, -0.15) is 0 Å². The molecule has 6 nitrogen and oxygen atoms in total. The molecule has 0 aliphatic carbocycles. The molecule has 146 valence electrons. The van der Waals surface area contributed by atoms with E-state index in [0.29, 0.717) is 33.3 Å². The predicted molar refractivity (Wildman–Crippen MR) is 108 cm³/mol. The standard InChI is InChI=1S/C20H17Cl2NO5/c1-28-17-9-16-13(19(25)14(20(26)27)10-23(16)5-6-24)8-12(17)7-11-3-2-4-15(21)18(11)22/h2-4,8-10,24H,5-7H2,1H3,(H,26,27). The molecule has 0 fully saturated rings. The van der Waals surface area contributed by atoms with E-state index in [2.05, 4.69) is 0 Å². The fourth-order valence-electron chi connectivity index (χ4n) is 3.13. The Labute approximate surface area is 170 Å². The Morgan fingerprint density at radius 2 is 1.96 bits per heavy atom. The van der Waals surface area contributed by atoms with E-state index >= 15 is 0 Å². The van der Waals surface area contributed by atoms with Crippen molar-refractivity contribution < 1.29 is 19.7 Å². The number of aliphatic hydroxyl groups excluding tert-OH is 1. The maximum absolute atomic E-state index is 12.7. The number of carboxylic acids is 1. The lowest BCUT2D eigenvalue weighted by Crippen LogP contribution is -2.20. The summed E-state index contributed by atoms with van der Waals surface area (Å²) in [6.45, 7) is -0.0705. The van der Waals surface area contributed by atoms with Crippen LogP contribution in [0.2, 0.25) is 10.0 Å². The number of hydrogen-bond acceptors (Lipinski definition) is 4. The van der Waals surface area contributed by atoms with E-state index in [1.807, 2.05) is 6.07 Å². The first-order valence-electron chi connectivity index (χ1n) is 8.38. The number of fused-ring (bicyclic) bond motifs is 1. The molecule has 0 unspecified atom stereocenters. The van der Waals surface area contributed by atoms with E-state index in [9.17, 15) is 19.8 Å². The third-order valence-corrected chi connectivity index (χ3v) is 5.32. The molecule has 0 aliphatic heterocycles. The predicted octanol–water partition coefficient (Wildman–Crippen LogP) is 3.60. The number of carboxylic acid groups (broad SMARTS) is 1. The van der Waals surface area contributed by atoms with Crippen LogP contribution < -0.4 is 10.2 Å². The molecule has 1 heterocycles. The first kappa shape index (κ1) is 20.2. The summed E-state index contributed by atoms with van der Waals surface area (Å²) in [6.07, 6.45) is 1.57. The van der Waals surface area contributed by atoms with Gasteiger partial charge in [0.25, 0.3) is 0 Å². The second-order valence-electron chi connectivity index (χ2n) is 6.16. The van der Waals surface area contributed by atoms with Gasteiger partial charge in [0, 0.05) is 30.6 Å². The molecule has 1 aromatic heterocycles. The van der Waals surface area contributed by atoms with Crippen LogP contribution in [0.3, 0.4) is 0 Å². The van der Waals surface area contributed by atoms with Gasteiger partial charge in [0.15, 0.2) is 0 Å². The first-order chi connectivity index (χ1) is 13.4. The zero-order valence-corrected chi connectivity index (χ0v) is 16.4. The molecule has 0 bridgehead atoms. The smallest absolute Gasteiger partial charge is 0.341 e. The second kappa shape index (κ2) is 8.22. The van der Waals surface area contributed by atoms with Gasteiger partial charge in [-0.15, -0.1) is 0 Å². The monoisotopic (exact) mass is 421 g/mol. The lowest BCUT2D eigenvalue weighted by Gasteiger charge is -2.16. The number of carbonyl (C=O) groups is 1. The highest BCUT2D eigenvalue weighted by molar-refractivity contribution is 6.42. The van der Waals surface area contributed by atoms with Crippen molar-refractivity contribution in [3.05, 3.63) is 73.5 Å². The SMILES string of the molecule is COc1cc2c(cc1Cc1cccc(Cl)c1Cl)c(=O)c(C(=O)O)cn2CCO. The van der Waals surface area contributed by atoms with Crippen LogP contribution in [0.5, 0.6) is 5.75 Å². The molecule has 3 aromatic rings. The summed E-state index contributed by atoms with van der Waals surface area (Å²) in [5.74, 6) is -0.813. The summed E-state index contributed by atoms with van der Waals surface area (Å²) in [6, 6.07) is 8.53. The van der Waals surface area contributed by atoms with E-state index in [1.165, 1.54) is 17.9 Å². The van der Waals surface area contributed by atoms with Crippen molar-refractivity contribution in [2.45, 2.75) is 13.0 Å². The fourth-order valence-corrected chi connectivity index (χ4v) is 3.51. The molecule has 0 aliphatic rings. The maximum atomic E-state index is 12.7. The van der Waals surface area contributed by atoms with Crippen LogP contribution in [0.15, 0.2) is 41.3 Å². The Kier molecular flexibility index (Phi) is 5.93. The highest BCUT2D eigenvalue weighted by Gasteiger charge is 2.18. The van der Waals surface area contributed by atoms with Crippen molar-refractivity contribution in [2.24, 2.45) is 0 Å². The third kappa shape index (κ3) is 3.71. The van der Waals surface area contributed by atoms with Crippen LogP contribution in [0.4, 0.5) is 0 Å². The minimum absolute atomic E-state index is 0.139. The topological polar surface area (TPSA) is 88.8 Å². The third-order valence-electron chi connectivity index (χ3n) is 4.47. The van der Waals surface area contributed by atoms with Crippen LogP contribution in [-0.4, -0.2) is 34.5 Å².